The molecule has 0 aliphatic rings. The molecule has 7 nitrogen and oxygen atoms in total. The predicted molar refractivity (Wildman–Crippen MR) is 101 cm³/mol. The molecule has 0 spiro atoms. The largest absolute Gasteiger partial charge is 0.369 e. The molecule has 0 saturated heterocycles. The Morgan fingerprint density at radius 3 is 2.52 bits per heavy atom. The molecule has 2 aromatic rings. The molecule has 0 atom stereocenters. The molecule has 0 amide bonds. The Balaban J connectivity index is 1.98. The van der Waals surface area contributed by atoms with Crippen molar-refractivity contribution >= 4 is 44.9 Å². The highest BCUT2D eigenvalue weighted by Gasteiger charge is 2.17. The standard InChI is InChI=1S/C15H19Cl2N5O2S/c1-10-20-14(9-15(21-10)22(2)3)18-6-7-19-25(23,24)13-8-11(16)4-5-12(13)17/h4-5,8-9,19H,6-7H2,1-3H3,(H,18,20,21). The molecule has 2 N–H and O–H groups in total. The maximum atomic E-state index is 12.3. The first-order valence-corrected chi connectivity index (χ1v) is 9.64. The number of aryl methyl sites for hydroxylation is 1. The van der Waals surface area contributed by atoms with E-state index in [2.05, 4.69) is 20.0 Å². The van der Waals surface area contributed by atoms with Gasteiger partial charge >= 0.3 is 0 Å². The molecule has 1 heterocycles. The highest BCUT2D eigenvalue weighted by molar-refractivity contribution is 7.89. The molecule has 0 bridgehead atoms. The third-order valence-corrected chi connectivity index (χ3v) is 5.37. The molecule has 0 fully saturated rings. The fraction of sp³-hybridized carbons (Fsp3) is 0.333. The first-order valence-electron chi connectivity index (χ1n) is 7.40. The molecule has 0 saturated carbocycles. The molecule has 1 aromatic heterocycles. The van der Waals surface area contributed by atoms with E-state index in [1.54, 1.807) is 13.0 Å². The molecular formula is C15H19Cl2N5O2S. The number of rotatable bonds is 7. The summed E-state index contributed by atoms with van der Waals surface area (Å²) in [5, 5.41) is 3.49. The molecule has 0 unspecified atom stereocenters. The van der Waals surface area contributed by atoms with Crippen molar-refractivity contribution < 1.29 is 8.42 Å². The molecule has 0 aliphatic heterocycles. The van der Waals surface area contributed by atoms with E-state index in [0.717, 1.165) is 5.82 Å². The zero-order chi connectivity index (χ0) is 18.6. The van der Waals surface area contributed by atoms with Gasteiger partial charge in [-0.3, -0.25) is 0 Å². The third kappa shape index (κ3) is 5.43. The third-order valence-electron chi connectivity index (χ3n) is 3.19. The van der Waals surface area contributed by atoms with Gasteiger partial charge in [0.05, 0.1) is 5.02 Å². The Bertz CT molecular complexity index is 859. The van der Waals surface area contributed by atoms with Crippen LogP contribution in [0.3, 0.4) is 0 Å². The predicted octanol–water partition coefficient (Wildman–Crippen LogP) is 2.55. The van der Waals surface area contributed by atoms with Gasteiger partial charge in [0, 0.05) is 38.3 Å². The molecule has 0 aliphatic carbocycles. The van der Waals surface area contributed by atoms with Gasteiger partial charge in [-0.05, 0) is 25.1 Å². The average molecular weight is 404 g/mol. The minimum atomic E-state index is -3.75. The lowest BCUT2D eigenvalue weighted by molar-refractivity contribution is 0.583. The number of aromatic nitrogens is 2. The van der Waals surface area contributed by atoms with Gasteiger partial charge in [0.15, 0.2) is 0 Å². The van der Waals surface area contributed by atoms with E-state index in [4.69, 9.17) is 23.2 Å². The van der Waals surface area contributed by atoms with Gasteiger partial charge in [0.1, 0.15) is 22.4 Å². The van der Waals surface area contributed by atoms with Crippen LogP contribution >= 0.6 is 23.2 Å². The number of nitrogens with zero attached hydrogens (tertiary/aromatic N) is 3. The molecule has 0 radical (unpaired) electrons. The van der Waals surface area contributed by atoms with Crippen molar-refractivity contribution in [3.05, 3.63) is 40.1 Å². The van der Waals surface area contributed by atoms with E-state index in [-0.39, 0.29) is 16.5 Å². The van der Waals surface area contributed by atoms with Crippen LogP contribution in [0.5, 0.6) is 0 Å². The number of anilines is 2. The maximum Gasteiger partial charge on any atom is 0.242 e. The van der Waals surface area contributed by atoms with E-state index >= 15 is 0 Å². The molecule has 10 heteroatoms. The zero-order valence-electron chi connectivity index (χ0n) is 14.0. The highest BCUT2D eigenvalue weighted by Crippen LogP contribution is 2.24. The van der Waals surface area contributed by atoms with Gasteiger partial charge in [-0.2, -0.15) is 0 Å². The molecule has 1 aromatic carbocycles. The number of nitrogens with one attached hydrogen (secondary N) is 2. The first kappa shape index (κ1) is 19.7. The van der Waals surface area contributed by atoms with Crippen LogP contribution in [0.25, 0.3) is 0 Å². The van der Waals surface area contributed by atoms with Crippen LogP contribution in [0, 0.1) is 6.92 Å². The first-order chi connectivity index (χ1) is 11.7. The Morgan fingerprint density at radius 1 is 1.12 bits per heavy atom. The number of sulfonamides is 1. The SMILES string of the molecule is Cc1nc(NCCNS(=O)(=O)c2cc(Cl)ccc2Cl)cc(N(C)C)n1. The van der Waals surface area contributed by atoms with Crippen molar-refractivity contribution in [2.24, 2.45) is 0 Å². The number of hydrogen-bond donors (Lipinski definition) is 2. The topological polar surface area (TPSA) is 87.2 Å². The zero-order valence-corrected chi connectivity index (χ0v) is 16.4. The van der Waals surface area contributed by atoms with Crippen molar-refractivity contribution in [1.29, 1.82) is 0 Å². The Hall–Kier alpha value is -1.61. The molecule has 2 rings (SSSR count). The van der Waals surface area contributed by atoms with Crippen molar-refractivity contribution in [1.82, 2.24) is 14.7 Å². The number of benzene rings is 1. The summed E-state index contributed by atoms with van der Waals surface area (Å²) in [4.78, 5) is 10.4. The summed E-state index contributed by atoms with van der Waals surface area (Å²) in [7, 11) is 0.0217. The van der Waals surface area contributed by atoms with Crippen LogP contribution in [0.15, 0.2) is 29.2 Å². The van der Waals surface area contributed by atoms with Crippen molar-refractivity contribution in [2.75, 3.05) is 37.4 Å². The lowest BCUT2D eigenvalue weighted by Gasteiger charge is -2.14. The second kappa shape index (κ2) is 8.18. The summed E-state index contributed by atoms with van der Waals surface area (Å²) in [6, 6.07) is 6.08. The highest BCUT2D eigenvalue weighted by atomic mass is 35.5. The van der Waals surface area contributed by atoms with Gasteiger partial charge in [-0.1, -0.05) is 23.2 Å². The molecule has 25 heavy (non-hydrogen) atoms. The lowest BCUT2D eigenvalue weighted by Crippen LogP contribution is -2.29. The number of halogens is 2. The Labute approximate surface area is 157 Å². The van der Waals surface area contributed by atoms with Crippen LogP contribution in [0.2, 0.25) is 10.0 Å². The fourth-order valence-electron chi connectivity index (χ4n) is 2.01. The average Bonchev–Trinajstić information content (AvgIpc) is 2.53. The summed E-state index contributed by atoms with van der Waals surface area (Å²) < 4.78 is 27.1. The van der Waals surface area contributed by atoms with Crippen molar-refractivity contribution in [3.8, 4) is 0 Å². The summed E-state index contributed by atoms with van der Waals surface area (Å²) in [5.41, 5.74) is 0. The van der Waals surface area contributed by atoms with Gasteiger partial charge in [0.2, 0.25) is 10.0 Å². The minimum absolute atomic E-state index is 0.0468. The summed E-state index contributed by atoms with van der Waals surface area (Å²) in [5.74, 6) is 2.01. The van der Waals surface area contributed by atoms with Crippen molar-refractivity contribution in [2.45, 2.75) is 11.8 Å². The summed E-state index contributed by atoms with van der Waals surface area (Å²) in [6.07, 6.45) is 0. The van der Waals surface area contributed by atoms with E-state index in [1.165, 1.54) is 18.2 Å². The van der Waals surface area contributed by atoms with E-state index < -0.39 is 10.0 Å². The monoisotopic (exact) mass is 403 g/mol. The summed E-state index contributed by atoms with van der Waals surface area (Å²) in [6.45, 7) is 2.30. The maximum absolute atomic E-state index is 12.3. The van der Waals surface area contributed by atoms with E-state index in [0.29, 0.717) is 23.2 Å². The summed E-state index contributed by atoms with van der Waals surface area (Å²) >= 11 is 11.8. The molecule has 136 valence electrons. The van der Waals surface area contributed by atoms with Gasteiger partial charge in [-0.25, -0.2) is 23.1 Å². The van der Waals surface area contributed by atoms with Crippen LogP contribution in [-0.2, 0) is 10.0 Å². The quantitative estimate of drug-likeness (QED) is 0.690. The van der Waals surface area contributed by atoms with Gasteiger partial charge in [-0.15, -0.1) is 0 Å². The minimum Gasteiger partial charge on any atom is -0.369 e. The van der Waals surface area contributed by atoms with E-state index in [1.807, 2.05) is 19.0 Å². The fourth-order valence-corrected chi connectivity index (χ4v) is 3.80. The smallest absolute Gasteiger partial charge is 0.242 e. The van der Waals surface area contributed by atoms with Gasteiger partial charge < -0.3 is 10.2 Å². The second-order valence-corrected chi connectivity index (χ2v) is 8.03. The van der Waals surface area contributed by atoms with Crippen molar-refractivity contribution in [3.63, 3.8) is 0 Å². The van der Waals surface area contributed by atoms with Crippen LogP contribution in [0.1, 0.15) is 5.82 Å². The molecular weight excluding hydrogens is 385 g/mol. The number of hydrogen-bond acceptors (Lipinski definition) is 6. The normalized spacial score (nSPS) is 11.4. The Kier molecular flexibility index (Phi) is 6.45. The van der Waals surface area contributed by atoms with E-state index in [9.17, 15) is 8.42 Å². The Morgan fingerprint density at radius 2 is 1.84 bits per heavy atom. The van der Waals surface area contributed by atoms with Crippen LogP contribution < -0.4 is 14.9 Å². The second-order valence-electron chi connectivity index (χ2n) is 5.45. The van der Waals surface area contributed by atoms with Crippen LogP contribution in [0.4, 0.5) is 11.6 Å². The van der Waals surface area contributed by atoms with Crippen LogP contribution in [-0.4, -0.2) is 45.6 Å². The lowest BCUT2D eigenvalue weighted by atomic mass is 10.4. The van der Waals surface area contributed by atoms with Gasteiger partial charge in [0.25, 0.3) is 0 Å².